The van der Waals surface area contributed by atoms with Crippen molar-refractivity contribution in [3.63, 3.8) is 0 Å². The molecule has 30 heavy (non-hydrogen) atoms. The topological polar surface area (TPSA) is 102 Å². The van der Waals surface area contributed by atoms with Gasteiger partial charge in [0.05, 0.1) is 11.4 Å². The van der Waals surface area contributed by atoms with E-state index in [-0.39, 0.29) is 23.8 Å². The number of aromatic nitrogens is 1. The summed E-state index contributed by atoms with van der Waals surface area (Å²) in [5, 5.41) is 0.335. The third-order valence-corrected chi connectivity index (χ3v) is 5.61. The number of Topliss-reactive ketones (excluding diaryl/α,β-unsaturated/α-hetero) is 1. The molecule has 0 spiro atoms. The fourth-order valence-electron chi connectivity index (χ4n) is 3.33. The number of carbonyl (C=O) groups excluding carboxylic acids is 4. The van der Waals surface area contributed by atoms with Crippen molar-refractivity contribution in [1.29, 1.82) is 0 Å². The number of imide groups is 1. The summed E-state index contributed by atoms with van der Waals surface area (Å²) in [4.78, 5) is 50.1. The number of fused-ring (bicyclic) bond motifs is 1. The second-order valence-corrected chi connectivity index (χ2v) is 7.75. The van der Waals surface area contributed by atoms with Crippen LogP contribution < -0.4 is 5.73 Å². The molecule has 1 saturated heterocycles. The van der Waals surface area contributed by atoms with Gasteiger partial charge in [-0.3, -0.25) is 24.1 Å². The Kier molecular flexibility index (Phi) is 5.24. The highest BCUT2D eigenvalue weighted by molar-refractivity contribution is 8.18. The first-order valence-electron chi connectivity index (χ1n) is 9.14. The number of rotatable bonds is 6. The van der Waals surface area contributed by atoms with Gasteiger partial charge in [0.2, 0.25) is 5.91 Å². The monoisotopic (exact) mass is 419 g/mol. The molecule has 2 N–H and O–H groups in total. The van der Waals surface area contributed by atoms with Crippen LogP contribution in [0.2, 0.25) is 0 Å². The number of thioether (sulfide) groups is 1. The van der Waals surface area contributed by atoms with Crippen molar-refractivity contribution in [2.75, 3.05) is 6.54 Å². The Balaban J connectivity index is 1.62. The molecule has 3 amide bonds. The molecular weight excluding hydrogens is 402 g/mol. The van der Waals surface area contributed by atoms with Gasteiger partial charge in [-0.2, -0.15) is 0 Å². The Hall–Kier alpha value is -3.65. The van der Waals surface area contributed by atoms with Crippen molar-refractivity contribution in [2.45, 2.75) is 6.54 Å². The Morgan fingerprint density at radius 3 is 2.40 bits per heavy atom. The van der Waals surface area contributed by atoms with Crippen LogP contribution in [0.3, 0.4) is 0 Å². The highest BCUT2D eigenvalue weighted by atomic mass is 32.2. The molecule has 0 aliphatic carbocycles. The maximum atomic E-state index is 12.8. The number of primary amides is 1. The molecule has 1 fully saturated rings. The van der Waals surface area contributed by atoms with E-state index in [4.69, 9.17) is 5.73 Å². The molecule has 0 atom stereocenters. The molecule has 1 aromatic heterocycles. The maximum absolute atomic E-state index is 12.8. The van der Waals surface area contributed by atoms with Crippen molar-refractivity contribution in [3.05, 3.63) is 76.8 Å². The summed E-state index contributed by atoms with van der Waals surface area (Å²) < 4.78 is 1.70. The summed E-state index contributed by atoms with van der Waals surface area (Å²) in [5.41, 5.74) is 7.24. The summed E-state index contributed by atoms with van der Waals surface area (Å²) in [7, 11) is 0. The van der Waals surface area contributed by atoms with E-state index in [1.54, 1.807) is 47.2 Å². The number of hydrogen-bond donors (Lipinski definition) is 1. The molecule has 7 nitrogen and oxygen atoms in total. The van der Waals surface area contributed by atoms with Gasteiger partial charge < -0.3 is 10.3 Å². The highest BCUT2D eigenvalue weighted by Gasteiger charge is 2.36. The molecular formula is C22H17N3O4S. The second kappa shape index (κ2) is 8.00. The molecule has 0 unspecified atom stereocenters. The normalized spacial score (nSPS) is 15.3. The minimum absolute atomic E-state index is 0.00140. The Morgan fingerprint density at radius 1 is 0.967 bits per heavy atom. The molecule has 1 aliphatic rings. The van der Waals surface area contributed by atoms with Crippen LogP contribution in [-0.4, -0.2) is 38.8 Å². The van der Waals surface area contributed by atoms with Crippen molar-refractivity contribution in [1.82, 2.24) is 9.47 Å². The standard InChI is InChI=1S/C22H17N3O4S/c23-20(27)13-24-11-15(16-8-4-5-9-17(16)24)10-19-21(28)25(22(29)30-19)12-18(26)14-6-2-1-3-7-14/h1-11H,12-13H2,(H2,23,27)/b19-10-. The first-order valence-corrected chi connectivity index (χ1v) is 9.95. The quantitative estimate of drug-likeness (QED) is 0.489. The molecule has 0 radical (unpaired) electrons. The lowest BCUT2D eigenvalue weighted by Gasteiger charge is -2.11. The summed E-state index contributed by atoms with van der Waals surface area (Å²) in [6.07, 6.45) is 3.33. The van der Waals surface area contributed by atoms with Crippen LogP contribution in [-0.2, 0) is 16.1 Å². The van der Waals surface area contributed by atoms with Crippen molar-refractivity contribution in [2.24, 2.45) is 5.73 Å². The maximum Gasteiger partial charge on any atom is 0.293 e. The summed E-state index contributed by atoms with van der Waals surface area (Å²) >= 11 is 0.791. The number of hydrogen-bond acceptors (Lipinski definition) is 5. The van der Waals surface area contributed by atoms with Gasteiger partial charge in [0.15, 0.2) is 5.78 Å². The van der Waals surface area contributed by atoms with Crippen LogP contribution in [0.25, 0.3) is 17.0 Å². The van der Waals surface area contributed by atoms with Crippen molar-refractivity contribution >= 4 is 51.6 Å². The van der Waals surface area contributed by atoms with Gasteiger partial charge in [0, 0.05) is 28.2 Å². The Labute approximate surface area is 176 Å². The summed E-state index contributed by atoms with van der Waals surface area (Å²) in [6.45, 7) is -0.309. The van der Waals surface area contributed by atoms with E-state index in [1.807, 2.05) is 24.3 Å². The number of para-hydroxylation sites is 1. The third-order valence-electron chi connectivity index (χ3n) is 4.70. The molecule has 0 saturated carbocycles. The minimum Gasteiger partial charge on any atom is -0.368 e. The first-order chi connectivity index (χ1) is 14.4. The zero-order valence-electron chi connectivity index (χ0n) is 15.8. The SMILES string of the molecule is NC(=O)Cn1cc(/C=C2\SC(=O)N(CC(=O)c3ccccc3)C2=O)c2ccccc21. The van der Waals surface area contributed by atoms with Crippen LogP contribution in [0.5, 0.6) is 0 Å². The van der Waals surface area contributed by atoms with Crippen LogP contribution in [0.1, 0.15) is 15.9 Å². The largest absolute Gasteiger partial charge is 0.368 e. The van der Waals surface area contributed by atoms with Gasteiger partial charge in [0.1, 0.15) is 6.54 Å². The molecule has 4 rings (SSSR count). The summed E-state index contributed by atoms with van der Waals surface area (Å²) in [6, 6.07) is 15.9. The average Bonchev–Trinajstić information content (AvgIpc) is 3.20. The number of carbonyl (C=O) groups is 4. The number of nitrogens with zero attached hydrogens (tertiary/aromatic N) is 2. The van der Waals surface area contributed by atoms with E-state index in [2.05, 4.69) is 0 Å². The van der Waals surface area contributed by atoms with Gasteiger partial charge in [-0.05, 0) is 23.9 Å². The Bertz CT molecular complexity index is 1210. The number of nitrogens with two attached hydrogens (primary N) is 1. The van der Waals surface area contributed by atoms with Crippen LogP contribution >= 0.6 is 11.8 Å². The molecule has 2 aromatic carbocycles. The van der Waals surface area contributed by atoms with Crippen molar-refractivity contribution < 1.29 is 19.2 Å². The lowest BCUT2D eigenvalue weighted by molar-refractivity contribution is -0.122. The number of amides is 3. The molecule has 150 valence electrons. The first kappa shape index (κ1) is 19.7. The predicted molar refractivity (Wildman–Crippen MR) is 115 cm³/mol. The second-order valence-electron chi connectivity index (χ2n) is 6.75. The van der Waals surface area contributed by atoms with Crippen LogP contribution in [0.15, 0.2) is 65.7 Å². The van der Waals surface area contributed by atoms with Gasteiger partial charge in [0.25, 0.3) is 11.1 Å². The van der Waals surface area contributed by atoms with E-state index < -0.39 is 17.1 Å². The molecule has 0 bridgehead atoms. The van der Waals surface area contributed by atoms with E-state index in [0.29, 0.717) is 11.1 Å². The molecule has 8 heteroatoms. The fraction of sp³-hybridized carbons (Fsp3) is 0.0909. The Morgan fingerprint density at radius 2 is 1.67 bits per heavy atom. The van der Waals surface area contributed by atoms with Gasteiger partial charge in [-0.15, -0.1) is 0 Å². The molecule has 1 aliphatic heterocycles. The van der Waals surface area contributed by atoms with Gasteiger partial charge >= 0.3 is 0 Å². The van der Waals surface area contributed by atoms with E-state index in [1.165, 1.54) is 0 Å². The van der Waals surface area contributed by atoms with Crippen LogP contribution in [0.4, 0.5) is 4.79 Å². The van der Waals surface area contributed by atoms with E-state index in [0.717, 1.165) is 27.6 Å². The zero-order valence-corrected chi connectivity index (χ0v) is 16.6. The van der Waals surface area contributed by atoms with Crippen LogP contribution in [0, 0.1) is 0 Å². The van der Waals surface area contributed by atoms with E-state index >= 15 is 0 Å². The smallest absolute Gasteiger partial charge is 0.293 e. The van der Waals surface area contributed by atoms with Gasteiger partial charge in [-0.25, -0.2) is 0 Å². The number of benzene rings is 2. The highest BCUT2D eigenvalue weighted by Crippen LogP contribution is 2.34. The molecule has 3 aromatic rings. The molecule has 2 heterocycles. The predicted octanol–water partition coefficient (Wildman–Crippen LogP) is 3.05. The van der Waals surface area contributed by atoms with E-state index in [9.17, 15) is 19.2 Å². The fourth-order valence-corrected chi connectivity index (χ4v) is 4.15. The lowest BCUT2D eigenvalue weighted by atomic mass is 10.1. The minimum atomic E-state index is -0.513. The number of ketones is 1. The summed E-state index contributed by atoms with van der Waals surface area (Å²) in [5.74, 6) is -1.31. The van der Waals surface area contributed by atoms with Crippen molar-refractivity contribution in [3.8, 4) is 0 Å². The lowest BCUT2D eigenvalue weighted by Crippen LogP contribution is -2.33. The van der Waals surface area contributed by atoms with Gasteiger partial charge in [-0.1, -0.05) is 48.5 Å². The zero-order chi connectivity index (χ0) is 21.3. The third kappa shape index (κ3) is 3.77. The average molecular weight is 419 g/mol.